The van der Waals surface area contributed by atoms with E-state index >= 15 is 0 Å². The first-order chi connectivity index (χ1) is 8.56. The van der Waals surface area contributed by atoms with Crippen LogP contribution in [-0.2, 0) is 9.84 Å². The van der Waals surface area contributed by atoms with Crippen LogP contribution in [0.25, 0.3) is 0 Å². The highest BCUT2D eigenvalue weighted by Gasteiger charge is 2.11. The van der Waals surface area contributed by atoms with Gasteiger partial charge in [0.25, 0.3) is 0 Å². The normalized spacial score (nSPS) is 13.6. The lowest BCUT2D eigenvalue weighted by Gasteiger charge is -2.02. The minimum Gasteiger partial charge on any atom is -0.223 e. The van der Waals surface area contributed by atoms with E-state index in [1.54, 1.807) is 24.3 Å². The summed E-state index contributed by atoms with van der Waals surface area (Å²) in [6.07, 6.45) is 3.87. The van der Waals surface area contributed by atoms with Crippen molar-refractivity contribution in [1.82, 2.24) is 0 Å². The summed E-state index contributed by atoms with van der Waals surface area (Å²) in [5.41, 5.74) is 1.16. The smallest absolute Gasteiger partial charge is 0.181 e. The number of hydrogen-bond acceptors (Lipinski definition) is 2. The second kappa shape index (κ2) is 7.84. The van der Waals surface area contributed by atoms with Crippen LogP contribution < -0.4 is 0 Å². The summed E-state index contributed by atoms with van der Waals surface area (Å²) in [6.45, 7) is 2.00. The Morgan fingerprint density at radius 3 is 2.56 bits per heavy atom. The van der Waals surface area contributed by atoms with E-state index in [0.717, 1.165) is 18.4 Å². The molecule has 100 valence electrons. The molecular weight excluding hydrogens is 359 g/mol. The standard InChI is InChI=1S/C14H19IO2S/c1-13(7-6-11-15-2)10-12-18(16,17)14-8-4-3-5-9-14/h3-5,8-11H,6-7,12H2,1-2H3/b13-10+. The van der Waals surface area contributed by atoms with Crippen LogP contribution in [0.3, 0.4) is 0 Å². The van der Waals surface area contributed by atoms with Gasteiger partial charge in [-0.15, -0.1) is 20.7 Å². The van der Waals surface area contributed by atoms with Crippen LogP contribution >= 0.6 is 20.7 Å². The number of sulfone groups is 1. The van der Waals surface area contributed by atoms with Crippen molar-refractivity contribution in [3.05, 3.63) is 42.0 Å². The number of rotatable bonds is 6. The lowest BCUT2D eigenvalue weighted by atomic mass is 10.2. The Labute approximate surface area is 120 Å². The Hall–Kier alpha value is -0.490. The van der Waals surface area contributed by atoms with Crippen molar-refractivity contribution in [2.24, 2.45) is 0 Å². The van der Waals surface area contributed by atoms with Gasteiger partial charge in [-0.25, -0.2) is 8.42 Å². The highest BCUT2D eigenvalue weighted by atomic mass is 127. The van der Waals surface area contributed by atoms with Gasteiger partial charge in [0.1, 0.15) is 0 Å². The number of benzene rings is 1. The van der Waals surface area contributed by atoms with Gasteiger partial charge >= 0.3 is 0 Å². The van der Waals surface area contributed by atoms with Crippen LogP contribution in [0.15, 0.2) is 46.9 Å². The topological polar surface area (TPSA) is 34.1 Å². The average molecular weight is 378 g/mol. The van der Waals surface area contributed by atoms with Crippen molar-refractivity contribution < 1.29 is 8.42 Å². The van der Waals surface area contributed by atoms with Gasteiger partial charge in [-0.05, 0) is 36.8 Å². The molecule has 1 aromatic carbocycles. The monoisotopic (exact) mass is 378 g/mol. The zero-order valence-electron chi connectivity index (χ0n) is 10.8. The second-order valence-corrected chi connectivity index (χ2v) is 8.22. The fourth-order valence-electron chi connectivity index (χ4n) is 1.47. The van der Waals surface area contributed by atoms with Gasteiger partial charge in [0.15, 0.2) is 9.84 Å². The number of halogens is 1. The predicted octanol–water partition coefficient (Wildman–Crippen LogP) is 3.59. The molecule has 0 N–H and O–H groups in total. The van der Waals surface area contributed by atoms with Gasteiger partial charge in [-0.2, -0.15) is 0 Å². The van der Waals surface area contributed by atoms with Crippen molar-refractivity contribution in [2.45, 2.75) is 24.7 Å². The van der Waals surface area contributed by atoms with E-state index in [0.29, 0.717) is 4.90 Å². The summed E-state index contributed by atoms with van der Waals surface area (Å²) >= 11 is 0.235. The Bertz CT molecular complexity index is 516. The Morgan fingerprint density at radius 2 is 1.94 bits per heavy atom. The number of alkyl halides is 1. The van der Waals surface area contributed by atoms with Gasteiger partial charge < -0.3 is 0 Å². The maximum absolute atomic E-state index is 12.0. The van der Waals surface area contributed by atoms with Crippen molar-refractivity contribution in [2.75, 3.05) is 10.7 Å². The predicted molar refractivity (Wildman–Crippen MR) is 87.5 cm³/mol. The minimum atomic E-state index is -3.17. The van der Waals surface area contributed by atoms with Crippen LogP contribution in [0.2, 0.25) is 0 Å². The van der Waals surface area contributed by atoms with Crippen LogP contribution in [0.5, 0.6) is 0 Å². The quantitative estimate of drug-likeness (QED) is 0.431. The molecule has 0 heterocycles. The molecule has 0 unspecified atom stereocenters. The zero-order valence-corrected chi connectivity index (χ0v) is 13.7. The summed E-state index contributed by atoms with van der Waals surface area (Å²) in [7, 11) is -3.17. The molecule has 4 heteroatoms. The van der Waals surface area contributed by atoms with E-state index in [2.05, 4.69) is 8.94 Å². The molecular formula is C14H19IO2S. The van der Waals surface area contributed by atoms with Gasteiger partial charge in [-0.3, -0.25) is 0 Å². The van der Waals surface area contributed by atoms with Gasteiger partial charge in [0, 0.05) is 0 Å². The molecule has 0 atom stereocenters. The van der Waals surface area contributed by atoms with Gasteiger partial charge in [0.2, 0.25) is 0 Å². The van der Waals surface area contributed by atoms with E-state index < -0.39 is 9.84 Å². The molecule has 0 radical (unpaired) electrons. The maximum Gasteiger partial charge on any atom is 0.181 e. The van der Waals surface area contributed by atoms with Crippen molar-refractivity contribution >= 4 is 34.6 Å². The van der Waals surface area contributed by atoms with E-state index in [9.17, 15) is 8.42 Å². The molecule has 18 heavy (non-hydrogen) atoms. The zero-order chi connectivity index (χ0) is 13.4. The van der Waals surface area contributed by atoms with Crippen molar-refractivity contribution in [3.8, 4) is 0 Å². The van der Waals surface area contributed by atoms with Crippen molar-refractivity contribution in [3.63, 3.8) is 0 Å². The van der Waals surface area contributed by atoms with Crippen LogP contribution in [0.4, 0.5) is 0 Å². The lowest BCUT2D eigenvalue weighted by Crippen LogP contribution is -2.04. The average Bonchev–Trinajstić information content (AvgIpc) is 2.38. The summed E-state index contributed by atoms with van der Waals surface area (Å²) in [5, 5.41) is 0. The van der Waals surface area contributed by atoms with Gasteiger partial charge in [-0.1, -0.05) is 33.9 Å². The first-order valence-corrected chi connectivity index (χ1v) is 10.8. The molecule has 0 aliphatic rings. The highest BCUT2D eigenvalue weighted by Crippen LogP contribution is 2.12. The summed E-state index contributed by atoms with van der Waals surface area (Å²) in [4.78, 5) is 2.62. The lowest BCUT2D eigenvalue weighted by molar-refractivity contribution is 0.599. The van der Waals surface area contributed by atoms with Crippen molar-refractivity contribution in [1.29, 1.82) is 0 Å². The molecule has 0 amide bonds. The summed E-state index contributed by atoms with van der Waals surface area (Å²) in [5.74, 6) is 0.101. The SMILES string of the molecule is CI=CCC/C(C)=C/CS(=O)(=O)c1ccccc1. The van der Waals surface area contributed by atoms with E-state index in [1.807, 2.05) is 19.1 Å². The third-order valence-corrected chi connectivity index (χ3v) is 5.66. The van der Waals surface area contributed by atoms with E-state index in [4.69, 9.17) is 0 Å². The first-order valence-electron chi connectivity index (χ1n) is 5.79. The Balaban J connectivity index is 2.65. The molecule has 0 aromatic heterocycles. The number of hydrogen-bond donors (Lipinski definition) is 0. The van der Waals surface area contributed by atoms with Crippen LogP contribution in [0.1, 0.15) is 19.8 Å². The second-order valence-electron chi connectivity index (χ2n) is 4.06. The molecule has 1 rings (SSSR count). The van der Waals surface area contributed by atoms with E-state index in [1.165, 1.54) is 0 Å². The largest absolute Gasteiger partial charge is 0.223 e. The molecule has 0 aliphatic carbocycles. The molecule has 0 spiro atoms. The maximum atomic E-state index is 12.0. The molecule has 0 fully saturated rings. The summed E-state index contributed by atoms with van der Waals surface area (Å²) in [6, 6.07) is 8.62. The molecule has 2 nitrogen and oxygen atoms in total. The van der Waals surface area contributed by atoms with Gasteiger partial charge in [0.05, 0.1) is 10.6 Å². The Kier molecular flexibility index (Phi) is 6.78. The first kappa shape index (κ1) is 15.6. The van der Waals surface area contributed by atoms with Crippen LogP contribution in [-0.4, -0.2) is 23.1 Å². The molecule has 1 aromatic rings. The molecule has 0 saturated carbocycles. The third-order valence-electron chi connectivity index (χ3n) is 2.56. The summed E-state index contributed by atoms with van der Waals surface area (Å²) < 4.78 is 26.4. The highest BCUT2D eigenvalue weighted by molar-refractivity contribution is 14.2. The third kappa shape index (κ3) is 5.44. The molecule has 0 saturated heterocycles. The van der Waals surface area contributed by atoms with E-state index in [-0.39, 0.29) is 26.5 Å². The van der Waals surface area contributed by atoms with Crippen LogP contribution in [0, 0.1) is 0 Å². The fraction of sp³-hybridized carbons (Fsp3) is 0.357. The number of allylic oxidation sites excluding steroid dienone is 1. The molecule has 0 aliphatic heterocycles. The minimum absolute atomic E-state index is 0.101. The molecule has 0 bridgehead atoms. The Morgan fingerprint density at radius 1 is 1.28 bits per heavy atom. The fourth-order valence-corrected chi connectivity index (χ4v) is 3.67.